The summed E-state index contributed by atoms with van der Waals surface area (Å²) in [5.74, 6) is 0.574. The van der Waals surface area contributed by atoms with E-state index >= 15 is 0 Å². The third kappa shape index (κ3) is 3.12. The predicted octanol–water partition coefficient (Wildman–Crippen LogP) is 3.37. The minimum Gasteiger partial charge on any atom is -0.346 e. The third-order valence-electron chi connectivity index (χ3n) is 5.82. The summed E-state index contributed by atoms with van der Waals surface area (Å²) in [6.07, 6.45) is 15.4. The molecule has 0 bridgehead atoms. The molecule has 1 N–H and O–H groups in total. The number of nitrogens with zero attached hydrogens (tertiary/aromatic N) is 4. The molecule has 2 aromatic rings. The van der Waals surface area contributed by atoms with E-state index in [1.807, 2.05) is 23.3 Å². The summed E-state index contributed by atoms with van der Waals surface area (Å²) in [6, 6.07) is 4.67. The normalized spacial score (nSPS) is 18.6. The molecule has 1 saturated carbocycles. The van der Waals surface area contributed by atoms with Crippen molar-refractivity contribution in [2.45, 2.75) is 57.9 Å². The predicted molar refractivity (Wildman–Crippen MR) is 101 cm³/mol. The molecule has 5 heteroatoms. The Morgan fingerprint density at radius 3 is 3.00 bits per heavy atom. The van der Waals surface area contributed by atoms with Gasteiger partial charge in [0.25, 0.3) is 0 Å². The maximum absolute atomic E-state index is 9.30. The zero-order valence-electron chi connectivity index (χ0n) is 15.3. The zero-order chi connectivity index (χ0) is 17.9. The van der Waals surface area contributed by atoms with Crippen LogP contribution in [0.25, 0.3) is 5.57 Å². The van der Waals surface area contributed by atoms with E-state index in [-0.39, 0.29) is 6.04 Å². The van der Waals surface area contributed by atoms with Crippen LogP contribution in [0.5, 0.6) is 0 Å². The van der Waals surface area contributed by atoms with E-state index in [1.54, 1.807) is 0 Å². The fourth-order valence-corrected chi connectivity index (χ4v) is 4.30. The molecular formula is C21H25N5. The van der Waals surface area contributed by atoms with E-state index in [0.717, 1.165) is 29.1 Å². The van der Waals surface area contributed by atoms with Gasteiger partial charge in [-0.3, -0.25) is 4.68 Å². The number of rotatable bonds is 5. The van der Waals surface area contributed by atoms with Crippen LogP contribution in [0.2, 0.25) is 0 Å². The summed E-state index contributed by atoms with van der Waals surface area (Å²) in [4.78, 5) is 7.83. The highest BCUT2D eigenvalue weighted by Crippen LogP contribution is 2.36. The first-order chi connectivity index (χ1) is 12.8. The summed E-state index contributed by atoms with van der Waals surface area (Å²) in [5.41, 5.74) is 4.65. The minimum atomic E-state index is 0.194. The van der Waals surface area contributed by atoms with Gasteiger partial charge in [-0.1, -0.05) is 19.8 Å². The number of nitriles is 1. The second-order valence-electron chi connectivity index (χ2n) is 7.35. The number of nitrogens with one attached hydrogen (secondary N) is 1. The van der Waals surface area contributed by atoms with Crippen molar-refractivity contribution in [2.75, 3.05) is 0 Å². The molecule has 0 aromatic carbocycles. The standard InChI is InChI=1S/C21H25N5/c1-2-15-11-19(18-8-10-23-21(18)24-12-15)17-13-25-26(14-17)20(7-9-22)16-5-3-4-6-16/h8,10,12-14,16,20H,2-7,11H2,1H3,(H,23,24). The molecule has 1 fully saturated rings. The number of fused-ring (bicyclic) bond motifs is 1. The monoisotopic (exact) mass is 347 g/mol. The number of aromatic nitrogens is 3. The fraction of sp³-hybridized carbons (Fsp3) is 0.476. The van der Waals surface area contributed by atoms with Crippen LogP contribution in [-0.4, -0.2) is 14.8 Å². The van der Waals surface area contributed by atoms with Gasteiger partial charge in [-0.15, -0.1) is 0 Å². The Balaban J connectivity index is 1.73. The van der Waals surface area contributed by atoms with E-state index in [0.29, 0.717) is 12.3 Å². The maximum Gasteiger partial charge on any atom is 0.137 e. The Hall–Kier alpha value is -2.61. The molecule has 3 heterocycles. The fourth-order valence-electron chi connectivity index (χ4n) is 4.30. The molecule has 1 unspecified atom stereocenters. The van der Waals surface area contributed by atoms with Crippen LogP contribution in [0.4, 0.5) is 0 Å². The summed E-state index contributed by atoms with van der Waals surface area (Å²) in [6.45, 7) is 2.17. The van der Waals surface area contributed by atoms with Crippen molar-refractivity contribution >= 4 is 5.57 Å². The van der Waals surface area contributed by atoms with Gasteiger partial charge < -0.3 is 4.98 Å². The molecule has 2 aliphatic rings. The summed E-state index contributed by atoms with van der Waals surface area (Å²) in [5, 5.41) is 15.1. The number of aromatic amines is 1. The average molecular weight is 347 g/mol. The highest BCUT2D eigenvalue weighted by atomic mass is 15.3. The first kappa shape index (κ1) is 16.8. The molecular weight excluding hydrogens is 322 g/mol. The molecule has 134 valence electrons. The molecule has 0 spiro atoms. The molecule has 1 aliphatic carbocycles. The van der Waals surface area contributed by atoms with Crippen LogP contribution in [-0.2, 0) is 0 Å². The molecule has 1 atom stereocenters. The van der Waals surface area contributed by atoms with E-state index in [4.69, 9.17) is 0 Å². The topological polar surface area (TPSA) is 69.8 Å². The summed E-state index contributed by atoms with van der Waals surface area (Å²) in [7, 11) is 0. The first-order valence-electron chi connectivity index (χ1n) is 9.64. The molecule has 2 aromatic heterocycles. The SMILES string of the molecule is CCC1=CN=c2[nH]ccc2=C(c2cnn(C(CC#N)C3CCCC3)c2)C1. The number of H-pyrrole nitrogens is 1. The van der Waals surface area contributed by atoms with Gasteiger partial charge in [0.2, 0.25) is 0 Å². The maximum atomic E-state index is 9.30. The Morgan fingerprint density at radius 1 is 1.38 bits per heavy atom. The van der Waals surface area contributed by atoms with Crippen molar-refractivity contribution in [2.24, 2.45) is 10.9 Å². The molecule has 26 heavy (non-hydrogen) atoms. The van der Waals surface area contributed by atoms with Gasteiger partial charge >= 0.3 is 0 Å². The van der Waals surface area contributed by atoms with Gasteiger partial charge in [0.05, 0.1) is 24.7 Å². The number of hydrogen-bond donors (Lipinski definition) is 1. The van der Waals surface area contributed by atoms with Crippen LogP contribution < -0.4 is 10.7 Å². The van der Waals surface area contributed by atoms with Gasteiger partial charge in [-0.25, -0.2) is 4.99 Å². The minimum absolute atomic E-state index is 0.194. The van der Waals surface area contributed by atoms with Crippen LogP contribution in [0.15, 0.2) is 41.4 Å². The lowest BCUT2D eigenvalue weighted by molar-refractivity contribution is 0.314. The Kier molecular flexibility index (Phi) is 4.75. The Labute approximate surface area is 153 Å². The summed E-state index contributed by atoms with van der Waals surface area (Å²) < 4.78 is 2.05. The summed E-state index contributed by atoms with van der Waals surface area (Å²) >= 11 is 0. The van der Waals surface area contributed by atoms with Gasteiger partial charge in [0.1, 0.15) is 5.49 Å². The highest BCUT2D eigenvalue weighted by molar-refractivity contribution is 5.66. The zero-order valence-corrected chi connectivity index (χ0v) is 15.3. The van der Waals surface area contributed by atoms with Crippen LogP contribution in [0, 0.1) is 17.2 Å². The van der Waals surface area contributed by atoms with Gasteiger partial charge in [0, 0.05) is 29.4 Å². The van der Waals surface area contributed by atoms with Crippen LogP contribution >= 0.6 is 0 Å². The van der Waals surface area contributed by atoms with E-state index in [2.05, 4.69) is 40.3 Å². The van der Waals surface area contributed by atoms with Crippen molar-refractivity contribution in [3.63, 3.8) is 0 Å². The lowest BCUT2D eigenvalue weighted by atomic mass is 9.95. The Morgan fingerprint density at radius 2 is 2.23 bits per heavy atom. The smallest absolute Gasteiger partial charge is 0.137 e. The quantitative estimate of drug-likeness (QED) is 0.901. The lowest BCUT2D eigenvalue weighted by Gasteiger charge is -2.21. The molecule has 1 aliphatic heterocycles. The Bertz CT molecular complexity index is 963. The van der Waals surface area contributed by atoms with Crippen molar-refractivity contribution in [3.8, 4) is 6.07 Å². The lowest BCUT2D eigenvalue weighted by Crippen LogP contribution is -2.24. The van der Waals surface area contributed by atoms with E-state index < -0.39 is 0 Å². The number of allylic oxidation sites excluding steroid dienone is 1. The van der Waals surface area contributed by atoms with Crippen LogP contribution in [0.3, 0.4) is 0 Å². The third-order valence-corrected chi connectivity index (χ3v) is 5.82. The van der Waals surface area contributed by atoms with Crippen molar-refractivity contribution in [1.29, 1.82) is 5.26 Å². The highest BCUT2D eigenvalue weighted by Gasteiger charge is 2.27. The molecule has 5 nitrogen and oxygen atoms in total. The van der Waals surface area contributed by atoms with Gasteiger partial charge in [-0.2, -0.15) is 10.4 Å². The van der Waals surface area contributed by atoms with Crippen molar-refractivity contribution in [1.82, 2.24) is 14.8 Å². The van der Waals surface area contributed by atoms with Gasteiger partial charge in [-0.05, 0) is 48.8 Å². The molecule has 4 rings (SSSR count). The average Bonchev–Trinajstić information content (AvgIpc) is 3.41. The second-order valence-corrected chi connectivity index (χ2v) is 7.35. The largest absolute Gasteiger partial charge is 0.346 e. The molecule has 0 radical (unpaired) electrons. The van der Waals surface area contributed by atoms with Crippen molar-refractivity contribution in [3.05, 3.63) is 52.7 Å². The second kappa shape index (κ2) is 7.33. The first-order valence-corrected chi connectivity index (χ1v) is 9.64. The molecule has 0 amide bonds. The van der Waals surface area contributed by atoms with Gasteiger partial charge in [0.15, 0.2) is 0 Å². The van der Waals surface area contributed by atoms with E-state index in [1.165, 1.54) is 36.8 Å². The van der Waals surface area contributed by atoms with Crippen LogP contribution in [0.1, 0.15) is 63.5 Å². The van der Waals surface area contributed by atoms with Crippen molar-refractivity contribution < 1.29 is 0 Å². The number of hydrogen-bond acceptors (Lipinski definition) is 3. The molecule has 0 saturated heterocycles. The van der Waals surface area contributed by atoms with E-state index in [9.17, 15) is 5.26 Å².